The number of ether oxygens (including phenoxy) is 2. The number of hydrogen-bond acceptors (Lipinski definition) is 7. The Balaban J connectivity index is 1.54. The monoisotopic (exact) mass is 435 g/mol. The highest BCUT2D eigenvalue weighted by atomic mass is 32.2. The number of hydrogen-bond donors (Lipinski definition) is 0. The van der Waals surface area contributed by atoms with Crippen molar-refractivity contribution in [2.45, 2.75) is 4.90 Å². The molecule has 0 bridgehead atoms. The number of amides is 1. The van der Waals surface area contributed by atoms with Crippen molar-refractivity contribution < 1.29 is 27.6 Å². The molecule has 1 saturated heterocycles. The quantitative estimate of drug-likeness (QED) is 0.478. The number of carbonyl (C=O) groups is 1. The zero-order valence-corrected chi connectivity index (χ0v) is 17.1. The average molecular weight is 435 g/mol. The third kappa shape index (κ3) is 4.86. The summed E-state index contributed by atoms with van der Waals surface area (Å²) in [5, 5.41) is 10.7. The van der Waals surface area contributed by atoms with E-state index in [1.807, 2.05) is 0 Å². The molecule has 30 heavy (non-hydrogen) atoms. The van der Waals surface area contributed by atoms with Gasteiger partial charge in [-0.05, 0) is 36.4 Å². The van der Waals surface area contributed by atoms with Crippen molar-refractivity contribution in [2.24, 2.45) is 0 Å². The van der Waals surface area contributed by atoms with Gasteiger partial charge in [-0.25, -0.2) is 8.42 Å². The molecule has 0 unspecified atom stereocenters. The predicted molar refractivity (Wildman–Crippen MR) is 107 cm³/mol. The number of nitrogens with zero attached hydrogens (tertiary/aromatic N) is 3. The summed E-state index contributed by atoms with van der Waals surface area (Å²) in [5.41, 5.74) is -0.179. The molecule has 1 heterocycles. The zero-order valence-electron chi connectivity index (χ0n) is 16.3. The van der Waals surface area contributed by atoms with Crippen LogP contribution in [0.2, 0.25) is 0 Å². The summed E-state index contributed by atoms with van der Waals surface area (Å²) in [5.74, 6) is 0.973. The van der Waals surface area contributed by atoms with Crippen molar-refractivity contribution >= 4 is 21.6 Å². The van der Waals surface area contributed by atoms with Gasteiger partial charge in [-0.2, -0.15) is 4.31 Å². The fourth-order valence-corrected chi connectivity index (χ4v) is 4.40. The summed E-state index contributed by atoms with van der Waals surface area (Å²) in [7, 11) is -2.23. The first kappa shape index (κ1) is 21.5. The molecule has 3 rings (SSSR count). The van der Waals surface area contributed by atoms with Crippen molar-refractivity contribution in [3.8, 4) is 11.5 Å². The molecule has 0 aromatic heterocycles. The largest absolute Gasteiger partial charge is 0.497 e. The Morgan fingerprint density at radius 1 is 1.00 bits per heavy atom. The third-order valence-corrected chi connectivity index (χ3v) is 6.61. The molecule has 0 atom stereocenters. The molecule has 2 aromatic rings. The van der Waals surface area contributed by atoms with Gasteiger partial charge in [-0.15, -0.1) is 0 Å². The van der Waals surface area contributed by atoms with Gasteiger partial charge in [0, 0.05) is 38.3 Å². The van der Waals surface area contributed by atoms with Crippen LogP contribution in [0.4, 0.5) is 5.69 Å². The lowest BCUT2D eigenvalue weighted by atomic mass is 10.3. The van der Waals surface area contributed by atoms with Crippen LogP contribution in [0.3, 0.4) is 0 Å². The Bertz CT molecular complexity index is 999. The van der Waals surface area contributed by atoms with E-state index < -0.39 is 14.9 Å². The predicted octanol–water partition coefficient (Wildman–Crippen LogP) is 1.52. The summed E-state index contributed by atoms with van der Waals surface area (Å²) < 4.78 is 37.3. The molecular weight excluding hydrogens is 414 g/mol. The maximum Gasteiger partial charge on any atom is 0.269 e. The molecule has 11 heteroatoms. The van der Waals surface area contributed by atoms with E-state index in [1.54, 1.807) is 36.3 Å². The number of nitro benzene ring substituents is 1. The van der Waals surface area contributed by atoms with Crippen molar-refractivity contribution in [3.63, 3.8) is 0 Å². The number of piperazine rings is 1. The van der Waals surface area contributed by atoms with Crippen LogP contribution in [-0.2, 0) is 14.8 Å². The van der Waals surface area contributed by atoms with Gasteiger partial charge in [0.05, 0.1) is 16.9 Å². The molecule has 0 radical (unpaired) electrons. The Kier molecular flexibility index (Phi) is 6.53. The number of benzene rings is 2. The first-order valence-corrected chi connectivity index (χ1v) is 10.5. The van der Waals surface area contributed by atoms with Crippen LogP contribution in [0, 0.1) is 10.1 Å². The minimum absolute atomic E-state index is 0.0179. The number of sulfonamides is 1. The van der Waals surface area contributed by atoms with Crippen LogP contribution in [0.5, 0.6) is 11.5 Å². The van der Waals surface area contributed by atoms with Crippen LogP contribution in [0.25, 0.3) is 0 Å². The molecule has 0 spiro atoms. The second kappa shape index (κ2) is 9.09. The van der Waals surface area contributed by atoms with Gasteiger partial charge in [0.15, 0.2) is 6.61 Å². The van der Waals surface area contributed by atoms with Gasteiger partial charge >= 0.3 is 0 Å². The van der Waals surface area contributed by atoms with E-state index in [2.05, 4.69) is 0 Å². The summed E-state index contributed by atoms with van der Waals surface area (Å²) in [6.07, 6.45) is 0. The van der Waals surface area contributed by atoms with Crippen LogP contribution in [0.15, 0.2) is 53.4 Å². The number of non-ortho nitro benzene ring substituents is 1. The van der Waals surface area contributed by atoms with Crippen LogP contribution < -0.4 is 9.47 Å². The van der Waals surface area contributed by atoms with Gasteiger partial charge < -0.3 is 14.4 Å². The lowest BCUT2D eigenvalue weighted by Gasteiger charge is -2.33. The number of carbonyl (C=O) groups excluding carboxylic acids is 1. The molecule has 1 amide bonds. The fourth-order valence-electron chi connectivity index (χ4n) is 2.98. The number of methoxy groups -OCH3 is 1. The maximum atomic E-state index is 12.7. The SMILES string of the molecule is COc1ccc(OCC(=O)N2CCN(S(=O)(=O)c3ccc([N+](=O)[O-])cc3)CC2)cc1. The highest BCUT2D eigenvalue weighted by Crippen LogP contribution is 2.21. The van der Waals surface area contributed by atoms with E-state index in [0.717, 1.165) is 12.1 Å². The number of rotatable bonds is 7. The molecular formula is C19H21N3O7S. The molecule has 1 aliphatic rings. The van der Waals surface area contributed by atoms with Crippen molar-refractivity contribution in [1.82, 2.24) is 9.21 Å². The van der Waals surface area contributed by atoms with E-state index in [4.69, 9.17) is 9.47 Å². The smallest absolute Gasteiger partial charge is 0.269 e. The van der Waals surface area contributed by atoms with Gasteiger partial charge in [-0.3, -0.25) is 14.9 Å². The molecule has 0 N–H and O–H groups in total. The van der Waals surface area contributed by atoms with Crippen LogP contribution >= 0.6 is 0 Å². The first-order valence-electron chi connectivity index (χ1n) is 9.10. The minimum Gasteiger partial charge on any atom is -0.497 e. The zero-order chi connectivity index (χ0) is 21.7. The Hall–Kier alpha value is -3.18. The van der Waals surface area contributed by atoms with E-state index in [-0.39, 0.29) is 49.3 Å². The Labute approximate surface area is 173 Å². The summed E-state index contributed by atoms with van der Waals surface area (Å²) >= 11 is 0. The Morgan fingerprint density at radius 3 is 2.10 bits per heavy atom. The first-order chi connectivity index (χ1) is 14.3. The summed E-state index contributed by atoms with van der Waals surface area (Å²) in [4.78, 5) is 24.0. The van der Waals surface area contributed by atoms with E-state index in [1.165, 1.54) is 16.4 Å². The lowest BCUT2D eigenvalue weighted by Crippen LogP contribution is -2.51. The van der Waals surface area contributed by atoms with Gasteiger partial charge in [0.2, 0.25) is 10.0 Å². The lowest BCUT2D eigenvalue weighted by molar-refractivity contribution is -0.384. The van der Waals surface area contributed by atoms with Gasteiger partial charge in [-0.1, -0.05) is 0 Å². The molecule has 2 aromatic carbocycles. The minimum atomic E-state index is -3.79. The van der Waals surface area contributed by atoms with E-state index >= 15 is 0 Å². The van der Waals surface area contributed by atoms with Gasteiger partial charge in [0.1, 0.15) is 11.5 Å². The Morgan fingerprint density at radius 2 is 1.57 bits per heavy atom. The molecule has 0 saturated carbocycles. The topological polar surface area (TPSA) is 119 Å². The second-order valence-corrected chi connectivity index (χ2v) is 8.44. The average Bonchev–Trinajstić information content (AvgIpc) is 2.78. The van der Waals surface area contributed by atoms with Crippen LogP contribution in [0.1, 0.15) is 0 Å². The highest BCUT2D eigenvalue weighted by Gasteiger charge is 2.30. The van der Waals surface area contributed by atoms with E-state index in [9.17, 15) is 23.3 Å². The van der Waals surface area contributed by atoms with E-state index in [0.29, 0.717) is 11.5 Å². The summed E-state index contributed by atoms with van der Waals surface area (Å²) in [6.45, 7) is 0.580. The molecule has 1 fully saturated rings. The summed E-state index contributed by atoms with van der Waals surface area (Å²) in [6, 6.07) is 11.6. The second-order valence-electron chi connectivity index (χ2n) is 6.50. The standard InChI is InChI=1S/C19H21N3O7S/c1-28-16-4-6-17(7-5-16)29-14-19(23)20-10-12-21(13-11-20)30(26,27)18-8-2-15(3-9-18)22(24)25/h2-9H,10-14H2,1H3. The third-order valence-electron chi connectivity index (χ3n) is 4.70. The molecule has 160 valence electrons. The van der Waals surface area contributed by atoms with Crippen molar-refractivity contribution in [2.75, 3.05) is 39.9 Å². The molecule has 1 aliphatic heterocycles. The maximum absolute atomic E-state index is 12.7. The normalized spacial score (nSPS) is 14.9. The van der Waals surface area contributed by atoms with Gasteiger partial charge in [0.25, 0.3) is 11.6 Å². The fraction of sp³-hybridized carbons (Fsp3) is 0.316. The van der Waals surface area contributed by atoms with Crippen molar-refractivity contribution in [1.29, 1.82) is 0 Å². The molecule has 10 nitrogen and oxygen atoms in total. The van der Waals surface area contributed by atoms with Crippen molar-refractivity contribution in [3.05, 3.63) is 58.6 Å². The molecule has 0 aliphatic carbocycles. The highest BCUT2D eigenvalue weighted by molar-refractivity contribution is 7.89. The number of nitro groups is 1. The van der Waals surface area contributed by atoms with Crippen LogP contribution in [-0.4, -0.2) is 68.3 Å².